The molecule has 7 heteroatoms. The number of halogens is 1. The van der Waals surface area contributed by atoms with Gasteiger partial charge in [0.05, 0.1) is 24.8 Å². The Kier molecular flexibility index (Phi) is 6.22. The first-order valence-electron chi connectivity index (χ1n) is 7.25. The summed E-state index contributed by atoms with van der Waals surface area (Å²) >= 11 is 1.76. The molecule has 1 fully saturated rings. The fourth-order valence-corrected chi connectivity index (χ4v) is 3.95. The molecular formula is C15H22IN3O2S. The molecule has 122 valence electrons. The van der Waals surface area contributed by atoms with Crippen LogP contribution < -0.4 is 15.8 Å². The number of nitrogens with one attached hydrogen (secondary N) is 1. The van der Waals surface area contributed by atoms with Gasteiger partial charge in [-0.05, 0) is 18.2 Å². The summed E-state index contributed by atoms with van der Waals surface area (Å²) in [7, 11) is 0. The predicted molar refractivity (Wildman–Crippen MR) is 101 cm³/mol. The molecule has 2 heterocycles. The molecule has 5 nitrogen and oxygen atoms in total. The molecule has 3 rings (SSSR count). The van der Waals surface area contributed by atoms with Crippen LogP contribution in [0.4, 0.5) is 0 Å². The number of hydrogen-bond donors (Lipinski definition) is 3. The topological polar surface area (TPSA) is 79.9 Å². The van der Waals surface area contributed by atoms with Crippen LogP contribution in [0.2, 0.25) is 0 Å². The van der Waals surface area contributed by atoms with Crippen molar-refractivity contribution in [2.45, 2.75) is 24.5 Å². The van der Waals surface area contributed by atoms with Gasteiger partial charge in [0.1, 0.15) is 5.75 Å². The number of fused-ring (bicyclic) bond motifs is 1. The molecule has 0 amide bonds. The van der Waals surface area contributed by atoms with Crippen LogP contribution in [0.5, 0.6) is 5.75 Å². The Balaban J connectivity index is 0.00000176. The third-order valence-corrected chi connectivity index (χ3v) is 5.14. The highest BCUT2D eigenvalue weighted by Gasteiger charge is 2.31. The number of nitrogens with two attached hydrogens (primary N) is 1. The molecule has 1 aromatic carbocycles. The van der Waals surface area contributed by atoms with Crippen molar-refractivity contribution in [3.63, 3.8) is 0 Å². The van der Waals surface area contributed by atoms with Crippen molar-refractivity contribution in [2.75, 3.05) is 24.7 Å². The third-order valence-electron chi connectivity index (χ3n) is 3.91. The van der Waals surface area contributed by atoms with E-state index < -0.39 is 5.60 Å². The standard InChI is InChI=1S/C15H21N3O2S.HI/c16-14(17-9-15(19)6-8-21-10-15)18-12-5-7-20-13-4-2-1-3-11(12)13;/h1-4,12,19H,5-10H2,(H3,16,17,18);1H. The second kappa shape index (κ2) is 7.74. The molecule has 1 aromatic rings. The predicted octanol–water partition coefficient (Wildman–Crippen LogP) is 1.90. The summed E-state index contributed by atoms with van der Waals surface area (Å²) in [6.45, 7) is 1.03. The van der Waals surface area contributed by atoms with Gasteiger partial charge in [-0.1, -0.05) is 18.2 Å². The second-order valence-corrected chi connectivity index (χ2v) is 6.71. The van der Waals surface area contributed by atoms with E-state index in [1.165, 1.54) is 0 Å². The second-order valence-electron chi connectivity index (χ2n) is 5.60. The van der Waals surface area contributed by atoms with Gasteiger partial charge in [0.15, 0.2) is 5.96 Å². The van der Waals surface area contributed by atoms with E-state index in [0.717, 1.165) is 35.7 Å². The molecule has 0 aliphatic carbocycles. The molecular weight excluding hydrogens is 413 g/mol. The van der Waals surface area contributed by atoms with Gasteiger partial charge in [0.25, 0.3) is 0 Å². The van der Waals surface area contributed by atoms with E-state index in [0.29, 0.717) is 19.1 Å². The Hall–Kier alpha value is -0.670. The van der Waals surface area contributed by atoms with Crippen LogP contribution in [0, 0.1) is 0 Å². The van der Waals surface area contributed by atoms with E-state index in [1.807, 2.05) is 24.3 Å². The Morgan fingerprint density at radius 2 is 2.32 bits per heavy atom. The van der Waals surface area contributed by atoms with Crippen molar-refractivity contribution in [1.82, 2.24) is 5.32 Å². The van der Waals surface area contributed by atoms with Crippen molar-refractivity contribution in [2.24, 2.45) is 10.7 Å². The highest BCUT2D eigenvalue weighted by molar-refractivity contribution is 14.0. The SMILES string of the molecule is I.NC(=NCC1(O)CCSC1)NC1CCOc2ccccc21. The molecule has 0 aromatic heterocycles. The quantitative estimate of drug-likeness (QED) is 0.384. The highest BCUT2D eigenvalue weighted by Crippen LogP contribution is 2.31. The molecule has 0 spiro atoms. The maximum Gasteiger partial charge on any atom is 0.189 e. The van der Waals surface area contributed by atoms with Gasteiger partial charge < -0.3 is 20.9 Å². The van der Waals surface area contributed by atoms with Gasteiger partial charge in [-0.3, -0.25) is 4.99 Å². The first-order chi connectivity index (χ1) is 10.2. The molecule has 0 saturated carbocycles. The van der Waals surface area contributed by atoms with Crippen LogP contribution in [0.25, 0.3) is 0 Å². The third kappa shape index (κ3) is 4.20. The van der Waals surface area contributed by atoms with Crippen molar-refractivity contribution in [3.8, 4) is 5.75 Å². The Morgan fingerprint density at radius 1 is 1.50 bits per heavy atom. The van der Waals surface area contributed by atoms with Crippen LogP contribution in [0.3, 0.4) is 0 Å². The summed E-state index contributed by atoms with van der Waals surface area (Å²) < 4.78 is 5.63. The van der Waals surface area contributed by atoms with Crippen molar-refractivity contribution in [3.05, 3.63) is 29.8 Å². The average molecular weight is 435 g/mol. The average Bonchev–Trinajstić information content (AvgIpc) is 2.93. The van der Waals surface area contributed by atoms with E-state index in [1.54, 1.807) is 11.8 Å². The maximum atomic E-state index is 10.3. The number of para-hydroxylation sites is 1. The number of rotatable bonds is 3. The van der Waals surface area contributed by atoms with Crippen molar-refractivity contribution in [1.29, 1.82) is 0 Å². The monoisotopic (exact) mass is 435 g/mol. The normalized spacial score (nSPS) is 27.5. The molecule has 1 saturated heterocycles. The Labute approximate surface area is 152 Å². The zero-order chi connectivity index (χ0) is 14.7. The van der Waals surface area contributed by atoms with E-state index in [2.05, 4.69) is 10.3 Å². The van der Waals surface area contributed by atoms with Gasteiger partial charge in [-0.25, -0.2) is 0 Å². The molecule has 2 aliphatic rings. The van der Waals surface area contributed by atoms with Crippen LogP contribution in [0.15, 0.2) is 29.3 Å². The van der Waals surface area contributed by atoms with Gasteiger partial charge in [0.2, 0.25) is 0 Å². The zero-order valence-electron chi connectivity index (χ0n) is 12.3. The van der Waals surface area contributed by atoms with Crippen LogP contribution in [-0.2, 0) is 0 Å². The molecule has 2 unspecified atom stereocenters. The van der Waals surface area contributed by atoms with E-state index >= 15 is 0 Å². The molecule has 2 atom stereocenters. The minimum atomic E-state index is -0.690. The largest absolute Gasteiger partial charge is 0.493 e. The van der Waals surface area contributed by atoms with Crippen molar-refractivity contribution >= 4 is 41.7 Å². The zero-order valence-corrected chi connectivity index (χ0v) is 15.5. The van der Waals surface area contributed by atoms with Gasteiger partial charge in [-0.2, -0.15) is 11.8 Å². The van der Waals surface area contributed by atoms with Crippen molar-refractivity contribution < 1.29 is 9.84 Å². The number of aliphatic imine (C=N–C) groups is 1. The summed E-state index contributed by atoms with van der Waals surface area (Å²) in [4.78, 5) is 4.32. The summed E-state index contributed by atoms with van der Waals surface area (Å²) in [5.41, 5.74) is 6.40. The number of thioether (sulfide) groups is 1. The summed E-state index contributed by atoms with van der Waals surface area (Å²) in [6, 6.07) is 8.08. The molecule has 4 N–H and O–H groups in total. The van der Waals surface area contributed by atoms with Crippen LogP contribution in [-0.4, -0.2) is 41.3 Å². The lowest BCUT2D eigenvalue weighted by atomic mass is 10.0. The van der Waals surface area contributed by atoms with Gasteiger partial charge in [-0.15, -0.1) is 24.0 Å². The molecule has 22 heavy (non-hydrogen) atoms. The Morgan fingerprint density at radius 3 is 3.09 bits per heavy atom. The summed E-state index contributed by atoms with van der Waals surface area (Å²) in [5.74, 6) is 3.03. The lowest BCUT2D eigenvalue weighted by molar-refractivity contribution is 0.0778. The molecule has 2 aliphatic heterocycles. The van der Waals surface area contributed by atoms with E-state index in [9.17, 15) is 5.11 Å². The number of hydrogen-bond acceptors (Lipinski definition) is 4. The number of ether oxygens (including phenoxy) is 1. The van der Waals surface area contributed by atoms with E-state index in [4.69, 9.17) is 10.5 Å². The van der Waals surface area contributed by atoms with E-state index in [-0.39, 0.29) is 30.0 Å². The number of benzene rings is 1. The summed E-state index contributed by atoms with van der Waals surface area (Å²) in [6.07, 6.45) is 1.64. The first-order valence-corrected chi connectivity index (χ1v) is 8.40. The number of nitrogens with zero attached hydrogens (tertiary/aromatic N) is 1. The summed E-state index contributed by atoms with van der Waals surface area (Å²) in [5, 5.41) is 13.5. The maximum absolute atomic E-state index is 10.3. The van der Waals surface area contributed by atoms with Crippen LogP contribution in [0.1, 0.15) is 24.4 Å². The number of guanidine groups is 1. The van der Waals surface area contributed by atoms with Gasteiger partial charge >= 0.3 is 0 Å². The van der Waals surface area contributed by atoms with Gasteiger partial charge in [0, 0.05) is 17.7 Å². The minimum Gasteiger partial charge on any atom is -0.493 e. The van der Waals surface area contributed by atoms with Crippen LogP contribution >= 0.6 is 35.7 Å². The molecule has 0 radical (unpaired) electrons. The first kappa shape index (κ1) is 17.7. The fraction of sp³-hybridized carbons (Fsp3) is 0.533. The fourth-order valence-electron chi connectivity index (χ4n) is 2.67. The smallest absolute Gasteiger partial charge is 0.189 e. The minimum absolute atomic E-state index is 0. The number of aliphatic hydroxyl groups is 1. The lowest BCUT2D eigenvalue weighted by Gasteiger charge is -2.27. The highest BCUT2D eigenvalue weighted by atomic mass is 127. The lowest BCUT2D eigenvalue weighted by Crippen LogP contribution is -2.39. The molecule has 0 bridgehead atoms. The Bertz CT molecular complexity index is 535.